The largest absolute Gasteiger partial charge is 0.465 e. The zero-order valence-electron chi connectivity index (χ0n) is 13.1. The lowest BCUT2D eigenvalue weighted by Crippen LogP contribution is -2.04. The highest BCUT2D eigenvalue weighted by Crippen LogP contribution is 2.22. The second kappa shape index (κ2) is 5.68. The molecule has 0 fully saturated rings. The van der Waals surface area contributed by atoms with E-state index in [4.69, 9.17) is 4.74 Å². The number of rotatable bonds is 3. The molecule has 0 amide bonds. The average Bonchev–Trinajstić information content (AvgIpc) is 2.92. The minimum absolute atomic E-state index is 0.304. The Hall–Kier alpha value is -2.55. The number of ether oxygens (including phenoxy) is 1. The summed E-state index contributed by atoms with van der Waals surface area (Å²) in [5.41, 5.74) is 5.52. The molecular weight excluding hydrogens is 274 g/mol. The monoisotopic (exact) mass is 293 g/mol. The fourth-order valence-corrected chi connectivity index (χ4v) is 2.84. The van der Waals surface area contributed by atoms with Crippen molar-refractivity contribution in [1.29, 1.82) is 0 Å². The van der Waals surface area contributed by atoms with Crippen LogP contribution in [-0.2, 0) is 11.3 Å². The highest BCUT2D eigenvalue weighted by atomic mass is 16.5. The molecule has 1 heterocycles. The summed E-state index contributed by atoms with van der Waals surface area (Å²) in [5.74, 6) is -0.304. The molecule has 112 valence electrons. The summed E-state index contributed by atoms with van der Waals surface area (Å²) < 4.78 is 6.99. The predicted octanol–water partition coefficient (Wildman–Crippen LogP) is 4.09. The van der Waals surface area contributed by atoms with Crippen LogP contribution >= 0.6 is 0 Å². The van der Waals surface area contributed by atoms with Gasteiger partial charge in [0.1, 0.15) is 0 Å². The number of aromatic nitrogens is 1. The maximum absolute atomic E-state index is 11.7. The van der Waals surface area contributed by atoms with Crippen LogP contribution in [-0.4, -0.2) is 17.6 Å². The van der Waals surface area contributed by atoms with E-state index in [1.165, 1.54) is 23.8 Å². The van der Waals surface area contributed by atoms with Crippen LogP contribution in [0.15, 0.2) is 48.7 Å². The maximum Gasteiger partial charge on any atom is 0.337 e. The van der Waals surface area contributed by atoms with Gasteiger partial charge in [-0.1, -0.05) is 24.3 Å². The molecule has 2 aromatic carbocycles. The van der Waals surface area contributed by atoms with Crippen molar-refractivity contribution in [3.63, 3.8) is 0 Å². The van der Waals surface area contributed by atoms with Gasteiger partial charge in [-0.3, -0.25) is 0 Å². The molecule has 0 atom stereocenters. The SMILES string of the molecule is COC(=O)c1ccc2ccn(Cc3c(C)cccc3C)c2c1. The smallest absolute Gasteiger partial charge is 0.337 e. The first kappa shape index (κ1) is 14.4. The number of carbonyl (C=O) groups is 1. The Morgan fingerprint density at radius 3 is 2.50 bits per heavy atom. The van der Waals surface area contributed by atoms with E-state index < -0.39 is 0 Å². The van der Waals surface area contributed by atoms with Crippen LogP contribution in [0.25, 0.3) is 10.9 Å². The summed E-state index contributed by atoms with van der Waals surface area (Å²) in [6.07, 6.45) is 2.07. The van der Waals surface area contributed by atoms with Gasteiger partial charge >= 0.3 is 5.97 Å². The predicted molar refractivity (Wildman–Crippen MR) is 88.3 cm³/mol. The molecule has 0 aliphatic heterocycles. The molecule has 0 saturated carbocycles. The van der Waals surface area contributed by atoms with Gasteiger partial charge in [-0.2, -0.15) is 0 Å². The van der Waals surface area contributed by atoms with Crippen molar-refractivity contribution >= 4 is 16.9 Å². The van der Waals surface area contributed by atoms with Crippen molar-refractivity contribution in [2.45, 2.75) is 20.4 Å². The highest BCUT2D eigenvalue weighted by molar-refractivity contribution is 5.94. The molecule has 3 aromatic rings. The van der Waals surface area contributed by atoms with E-state index in [2.05, 4.69) is 48.9 Å². The Labute approximate surface area is 130 Å². The van der Waals surface area contributed by atoms with Crippen molar-refractivity contribution in [3.8, 4) is 0 Å². The van der Waals surface area contributed by atoms with E-state index in [1.54, 1.807) is 6.07 Å². The molecule has 0 radical (unpaired) electrons. The lowest BCUT2D eigenvalue weighted by atomic mass is 10.0. The van der Waals surface area contributed by atoms with Gasteiger partial charge in [-0.25, -0.2) is 4.79 Å². The van der Waals surface area contributed by atoms with Crippen molar-refractivity contribution in [2.24, 2.45) is 0 Å². The number of methoxy groups -OCH3 is 1. The molecule has 3 nitrogen and oxygen atoms in total. The third-order valence-corrected chi connectivity index (χ3v) is 4.17. The number of fused-ring (bicyclic) bond motifs is 1. The van der Waals surface area contributed by atoms with E-state index in [1.807, 2.05) is 12.1 Å². The van der Waals surface area contributed by atoms with E-state index in [0.29, 0.717) is 5.56 Å². The molecule has 3 rings (SSSR count). The highest BCUT2D eigenvalue weighted by Gasteiger charge is 2.10. The van der Waals surface area contributed by atoms with E-state index >= 15 is 0 Å². The van der Waals surface area contributed by atoms with Crippen LogP contribution in [0.3, 0.4) is 0 Å². The number of nitrogens with zero attached hydrogens (tertiary/aromatic N) is 1. The summed E-state index contributed by atoms with van der Waals surface area (Å²) in [5, 5.41) is 1.12. The van der Waals surface area contributed by atoms with Crippen molar-refractivity contribution < 1.29 is 9.53 Å². The van der Waals surface area contributed by atoms with Gasteiger partial charge < -0.3 is 9.30 Å². The number of esters is 1. The molecule has 0 unspecified atom stereocenters. The molecular formula is C19H19NO2. The van der Waals surface area contributed by atoms with Gasteiger partial charge in [-0.05, 0) is 54.1 Å². The van der Waals surface area contributed by atoms with Crippen molar-refractivity contribution in [3.05, 3.63) is 70.9 Å². The third-order valence-electron chi connectivity index (χ3n) is 4.17. The zero-order chi connectivity index (χ0) is 15.7. The first-order chi connectivity index (χ1) is 10.6. The second-order valence-corrected chi connectivity index (χ2v) is 5.58. The first-order valence-corrected chi connectivity index (χ1v) is 7.32. The topological polar surface area (TPSA) is 31.2 Å². The zero-order valence-corrected chi connectivity index (χ0v) is 13.1. The van der Waals surface area contributed by atoms with Gasteiger partial charge in [0.05, 0.1) is 12.7 Å². The fourth-order valence-electron chi connectivity index (χ4n) is 2.84. The number of hydrogen-bond donors (Lipinski definition) is 0. The average molecular weight is 293 g/mol. The normalized spacial score (nSPS) is 10.9. The Morgan fingerprint density at radius 1 is 1.09 bits per heavy atom. The minimum Gasteiger partial charge on any atom is -0.465 e. The van der Waals surface area contributed by atoms with Crippen LogP contribution in [0.1, 0.15) is 27.0 Å². The van der Waals surface area contributed by atoms with Crippen LogP contribution in [0.4, 0.5) is 0 Å². The second-order valence-electron chi connectivity index (χ2n) is 5.58. The molecule has 1 aromatic heterocycles. The quantitative estimate of drug-likeness (QED) is 0.681. The lowest BCUT2D eigenvalue weighted by molar-refractivity contribution is 0.0601. The van der Waals surface area contributed by atoms with Crippen LogP contribution in [0.5, 0.6) is 0 Å². The lowest BCUT2D eigenvalue weighted by Gasteiger charge is -2.12. The molecule has 0 spiro atoms. The summed E-state index contributed by atoms with van der Waals surface area (Å²) in [4.78, 5) is 11.7. The van der Waals surface area contributed by atoms with Gasteiger partial charge in [0.2, 0.25) is 0 Å². The number of hydrogen-bond acceptors (Lipinski definition) is 2. The Morgan fingerprint density at radius 2 is 1.82 bits per heavy atom. The first-order valence-electron chi connectivity index (χ1n) is 7.32. The third kappa shape index (κ3) is 2.50. The molecule has 0 bridgehead atoms. The summed E-state index contributed by atoms with van der Waals surface area (Å²) in [6.45, 7) is 5.06. The number of benzene rings is 2. The summed E-state index contributed by atoms with van der Waals surface area (Å²) in [7, 11) is 1.41. The maximum atomic E-state index is 11.7. The van der Waals surface area contributed by atoms with Crippen molar-refractivity contribution in [1.82, 2.24) is 4.57 Å². The van der Waals surface area contributed by atoms with E-state index in [0.717, 1.165) is 17.4 Å². The van der Waals surface area contributed by atoms with Gasteiger partial charge in [0.25, 0.3) is 0 Å². The molecule has 22 heavy (non-hydrogen) atoms. The van der Waals surface area contributed by atoms with Crippen LogP contribution < -0.4 is 0 Å². The number of carbonyl (C=O) groups excluding carboxylic acids is 1. The minimum atomic E-state index is -0.304. The Kier molecular flexibility index (Phi) is 3.72. The number of aryl methyl sites for hydroxylation is 2. The van der Waals surface area contributed by atoms with E-state index in [9.17, 15) is 4.79 Å². The van der Waals surface area contributed by atoms with Crippen molar-refractivity contribution in [2.75, 3.05) is 7.11 Å². The van der Waals surface area contributed by atoms with Gasteiger partial charge in [0, 0.05) is 18.3 Å². The molecule has 0 aliphatic carbocycles. The van der Waals surface area contributed by atoms with Gasteiger partial charge in [0.15, 0.2) is 0 Å². The van der Waals surface area contributed by atoms with Crippen LogP contribution in [0.2, 0.25) is 0 Å². The standard InChI is InChI=1S/C19H19NO2/c1-13-5-4-6-14(2)17(13)12-20-10-9-15-7-8-16(11-18(15)20)19(21)22-3/h4-11H,12H2,1-3H3. The van der Waals surface area contributed by atoms with E-state index in [-0.39, 0.29) is 5.97 Å². The molecule has 0 aliphatic rings. The Balaban J connectivity index is 2.06. The summed E-state index contributed by atoms with van der Waals surface area (Å²) >= 11 is 0. The Bertz CT molecular complexity index is 826. The summed E-state index contributed by atoms with van der Waals surface area (Å²) in [6, 6.07) is 14.1. The fraction of sp³-hybridized carbons (Fsp3) is 0.211. The van der Waals surface area contributed by atoms with Gasteiger partial charge in [-0.15, -0.1) is 0 Å². The molecule has 0 N–H and O–H groups in total. The molecule has 0 saturated heterocycles. The van der Waals surface area contributed by atoms with Crippen LogP contribution in [0, 0.1) is 13.8 Å². The molecule has 3 heteroatoms.